The van der Waals surface area contributed by atoms with E-state index in [0.29, 0.717) is 12.2 Å². The van der Waals surface area contributed by atoms with Crippen LogP contribution in [0.2, 0.25) is 0 Å². The first-order valence-corrected chi connectivity index (χ1v) is 5.07. The van der Waals surface area contributed by atoms with E-state index in [2.05, 4.69) is 27.7 Å². The summed E-state index contributed by atoms with van der Waals surface area (Å²) < 4.78 is 0. The van der Waals surface area contributed by atoms with Crippen molar-refractivity contribution < 1.29 is 4.79 Å². The Bertz CT molecular complexity index is 413. The summed E-state index contributed by atoms with van der Waals surface area (Å²) in [6.45, 7) is 8.54. The number of rotatable bonds is 0. The molecule has 0 fully saturated rings. The highest BCUT2D eigenvalue weighted by Crippen LogP contribution is 2.40. The maximum absolute atomic E-state index is 11.7. The molecule has 0 radical (unpaired) electrons. The van der Waals surface area contributed by atoms with Crippen LogP contribution in [-0.2, 0) is 5.41 Å². The Morgan fingerprint density at radius 3 is 2.50 bits per heavy atom. The van der Waals surface area contributed by atoms with Gasteiger partial charge in [0.15, 0.2) is 5.78 Å². The summed E-state index contributed by atoms with van der Waals surface area (Å²) in [7, 11) is 0. The summed E-state index contributed by atoms with van der Waals surface area (Å²) in [5, 5.41) is 0. The van der Waals surface area contributed by atoms with E-state index in [1.165, 1.54) is 16.7 Å². The Hall–Kier alpha value is -1.11. The molecule has 0 spiro atoms. The summed E-state index contributed by atoms with van der Waals surface area (Å²) in [6, 6.07) is 4.03. The van der Waals surface area contributed by atoms with Gasteiger partial charge in [0.1, 0.15) is 0 Å². The van der Waals surface area contributed by atoms with Gasteiger partial charge in [-0.2, -0.15) is 0 Å². The van der Waals surface area contributed by atoms with Gasteiger partial charge in [-0.25, -0.2) is 0 Å². The maximum atomic E-state index is 11.7. The van der Waals surface area contributed by atoms with Crippen LogP contribution in [0.4, 0.5) is 0 Å². The molecule has 0 heterocycles. The Morgan fingerprint density at radius 1 is 1.21 bits per heavy atom. The summed E-state index contributed by atoms with van der Waals surface area (Å²) in [6.07, 6.45) is 0.659. The minimum absolute atomic E-state index is 0.0303. The first-order valence-electron chi connectivity index (χ1n) is 5.07. The van der Waals surface area contributed by atoms with Gasteiger partial charge in [0, 0.05) is 12.0 Å². The van der Waals surface area contributed by atoms with Crippen molar-refractivity contribution in [2.45, 2.75) is 39.5 Å². The zero-order valence-corrected chi connectivity index (χ0v) is 9.27. The van der Waals surface area contributed by atoms with Gasteiger partial charge in [-0.3, -0.25) is 4.79 Å². The van der Waals surface area contributed by atoms with Crippen LogP contribution >= 0.6 is 0 Å². The summed E-state index contributed by atoms with van der Waals surface area (Å²) in [5.41, 5.74) is 4.81. The van der Waals surface area contributed by atoms with E-state index in [4.69, 9.17) is 0 Å². The van der Waals surface area contributed by atoms with Crippen molar-refractivity contribution in [3.63, 3.8) is 0 Å². The van der Waals surface area contributed by atoms with Crippen molar-refractivity contribution in [2.75, 3.05) is 0 Å². The summed E-state index contributed by atoms with van der Waals surface area (Å²) >= 11 is 0. The number of Topliss-reactive ketones (excluding diaryl/α,β-unsaturated/α-hetero) is 1. The van der Waals surface area contributed by atoms with Gasteiger partial charge >= 0.3 is 0 Å². The molecule has 0 saturated carbocycles. The zero-order valence-electron chi connectivity index (χ0n) is 9.27. The molecule has 1 nitrogen and oxygen atoms in total. The Kier molecular flexibility index (Phi) is 1.82. The lowest BCUT2D eigenvalue weighted by molar-refractivity contribution is 0.0979. The highest BCUT2D eigenvalue weighted by Gasteiger charge is 2.37. The number of aryl methyl sites for hydroxylation is 1. The molecule has 0 unspecified atom stereocenters. The van der Waals surface area contributed by atoms with Crippen LogP contribution in [0, 0.1) is 13.8 Å². The van der Waals surface area contributed by atoms with E-state index in [9.17, 15) is 4.79 Å². The van der Waals surface area contributed by atoms with Gasteiger partial charge in [0.2, 0.25) is 0 Å². The monoisotopic (exact) mass is 188 g/mol. The van der Waals surface area contributed by atoms with Crippen molar-refractivity contribution in [2.24, 2.45) is 0 Å². The topological polar surface area (TPSA) is 17.1 Å². The molecular weight excluding hydrogens is 172 g/mol. The lowest BCUT2D eigenvalue weighted by atomic mass is 9.83. The van der Waals surface area contributed by atoms with Crippen LogP contribution < -0.4 is 0 Å². The van der Waals surface area contributed by atoms with Gasteiger partial charge < -0.3 is 0 Å². The predicted octanol–water partition coefficient (Wildman–Crippen LogP) is 3.17. The second-order valence-corrected chi connectivity index (χ2v) is 4.91. The van der Waals surface area contributed by atoms with Crippen LogP contribution in [0.15, 0.2) is 12.1 Å². The van der Waals surface area contributed by atoms with Crippen molar-refractivity contribution in [3.8, 4) is 0 Å². The standard InChI is InChI=1S/C13H16O/c1-8-5-6-10-11(14)7-13(3,4)12(10)9(8)2/h5-6H,7H2,1-4H3. The molecular formula is C13H16O. The Balaban J connectivity index is 2.77. The van der Waals surface area contributed by atoms with E-state index in [0.717, 1.165) is 5.56 Å². The predicted molar refractivity (Wildman–Crippen MR) is 57.9 cm³/mol. The van der Waals surface area contributed by atoms with Crippen LogP contribution in [0.25, 0.3) is 0 Å². The molecule has 1 aliphatic carbocycles. The molecule has 0 atom stereocenters. The van der Waals surface area contributed by atoms with E-state index in [1.54, 1.807) is 0 Å². The molecule has 1 aromatic rings. The number of benzene rings is 1. The van der Waals surface area contributed by atoms with E-state index < -0.39 is 0 Å². The fourth-order valence-corrected chi connectivity index (χ4v) is 2.51. The van der Waals surface area contributed by atoms with Gasteiger partial charge in [0.25, 0.3) is 0 Å². The highest BCUT2D eigenvalue weighted by atomic mass is 16.1. The number of fused-ring (bicyclic) bond motifs is 1. The van der Waals surface area contributed by atoms with Crippen LogP contribution in [-0.4, -0.2) is 5.78 Å². The molecule has 0 bridgehead atoms. The number of ketones is 1. The quantitative estimate of drug-likeness (QED) is 0.611. The molecule has 74 valence electrons. The number of hydrogen-bond donors (Lipinski definition) is 0. The third-order valence-corrected chi connectivity index (χ3v) is 3.32. The minimum atomic E-state index is 0.0303. The summed E-state index contributed by atoms with van der Waals surface area (Å²) in [4.78, 5) is 11.7. The molecule has 0 aliphatic heterocycles. The van der Waals surface area contributed by atoms with Crippen molar-refractivity contribution in [3.05, 3.63) is 34.4 Å². The number of carbonyl (C=O) groups is 1. The van der Waals surface area contributed by atoms with Gasteiger partial charge in [-0.1, -0.05) is 26.0 Å². The number of carbonyl (C=O) groups excluding carboxylic acids is 1. The van der Waals surface area contributed by atoms with E-state index in [1.807, 2.05) is 12.1 Å². The van der Waals surface area contributed by atoms with Crippen molar-refractivity contribution in [1.82, 2.24) is 0 Å². The fraction of sp³-hybridized carbons (Fsp3) is 0.462. The maximum Gasteiger partial charge on any atom is 0.164 e. The summed E-state index contributed by atoms with van der Waals surface area (Å²) in [5.74, 6) is 0.299. The lowest BCUT2D eigenvalue weighted by Gasteiger charge is -2.21. The lowest BCUT2D eigenvalue weighted by Crippen LogP contribution is -2.14. The highest BCUT2D eigenvalue weighted by molar-refractivity contribution is 6.02. The normalized spacial score (nSPS) is 18.4. The average Bonchev–Trinajstić information content (AvgIpc) is 2.29. The van der Waals surface area contributed by atoms with Crippen molar-refractivity contribution >= 4 is 5.78 Å². The third-order valence-electron chi connectivity index (χ3n) is 3.32. The van der Waals surface area contributed by atoms with Gasteiger partial charge in [-0.15, -0.1) is 0 Å². The van der Waals surface area contributed by atoms with E-state index >= 15 is 0 Å². The van der Waals surface area contributed by atoms with Crippen LogP contribution in [0.3, 0.4) is 0 Å². The fourth-order valence-electron chi connectivity index (χ4n) is 2.51. The Labute approximate surface area is 85.1 Å². The van der Waals surface area contributed by atoms with Gasteiger partial charge in [-0.05, 0) is 36.0 Å². The molecule has 0 aromatic heterocycles. The average molecular weight is 188 g/mol. The van der Waals surface area contributed by atoms with Crippen molar-refractivity contribution in [1.29, 1.82) is 0 Å². The van der Waals surface area contributed by atoms with Crippen LogP contribution in [0.1, 0.15) is 47.3 Å². The molecule has 1 heteroatoms. The van der Waals surface area contributed by atoms with Crippen LogP contribution in [0.5, 0.6) is 0 Å². The molecule has 0 N–H and O–H groups in total. The molecule has 2 rings (SSSR count). The number of hydrogen-bond acceptors (Lipinski definition) is 1. The molecule has 1 aliphatic rings. The molecule has 0 amide bonds. The smallest absolute Gasteiger partial charge is 0.164 e. The first kappa shape index (κ1) is 9.45. The first-order chi connectivity index (χ1) is 6.43. The Morgan fingerprint density at radius 2 is 1.86 bits per heavy atom. The second kappa shape index (κ2) is 2.69. The minimum Gasteiger partial charge on any atom is -0.294 e. The van der Waals surface area contributed by atoms with E-state index in [-0.39, 0.29) is 5.41 Å². The SMILES string of the molecule is Cc1ccc2c(c1C)C(C)(C)CC2=O. The molecule has 14 heavy (non-hydrogen) atoms. The molecule has 1 aromatic carbocycles. The largest absolute Gasteiger partial charge is 0.294 e. The molecule has 0 saturated heterocycles. The third kappa shape index (κ3) is 1.12. The second-order valence-electron chi connectivity index (χ2n) is 4.91. The zero-order chi connectivity index (χ0) is 10.5. The van der Waals surface area contributed by atoms with Gasteiger partial charge in [0.05, 0.1) is 0 Å².